The molecule has 1 aliphatic rings. The van der Waals surface area contributed by atoms with Gasteiger partial charge in [0.15, 0.2) is 0 Å². The van der Waals surface area contributed by atoms with Crippen molar-refractivity contribution >= 4 is 17.5 Å². The molecule has 3 rings (SSSR count). The van der Waals surface area contributed by atoms with E-state index in [1.165, 1.54) is 0 Å². The number of hydrogen-bond acceptors (Lipinski definition) is 3. The lowest BCUT2D eigenvalue weighted by Gasteiger charge is -2.38. The van der Waals surface area contributed by atoms with Crippen LogP contribution in [-0.4, -0.2) is 35.0 Å². The zero-order chi connectivity index (χ0) is 14.8. The van der Waals surface area contributed by atoms with Crippen LogP contribution in [0.1, 0.15) is 15.9 Å². The van der Waals surface area contributed by atoms with Crippen molar-refractivity contribution in [2.24, 2.45) is 0 Å². The van der Waals surface area contributed by atoms with E-state index in [4.69, 9.17) is 16.3 Å². The molecule has 0 radical (unpaired) electrons. The second kappa shape index (κ2) is 5.74. The van der Waals surface area contributed by atoms with Crippen LogP contribution in [0.15, 0.2) is 42.6 Å². The molecule has 1 amide bonds. The highest BCUT2D eigenvalue weighted by atomic mass is 35.5. The van der Waals surface area contributed by atoms with Crippen LogP contribution in [0.4, 0.5) is 0 Å². The number of rotatable bonds is 3. The zero-order valence-electron chi connectivity index (χ0n) is 11.6. The molecule has 1 aliphatic heterocycles. The van der Waals surface area contributed by atoms with Gasteiger partial charge in [-0.25, -0.2) is 4.98 Å². The van der Waals surface area contributed by atoms with Gasteiger partial charge in [-0.1, -0.05) is 29.3 Å². The number of hydrogen-bond donors (Lipinski definition) is 0. The molecule has 4 nitrogen and oxygen atoms in total. The predicted molar refractivity (Wildman–Crippen MR) is 80.7 cm³/mol. The Morgan fingerprint density at radius 2 is 2.00 bits per heavy atom. The molecule has 2 aromatic rings. The van der Waals surface area contributed by atoms with Gasteiger partial charge in [-0.05, 0) is 31.2 Å². The van der Waals surface area contributed by atoms with Crippen LogP contribution in [0.5, 0.6) is 5.88 Å². The van der Waals surface area contributed by atoms with Gasteiger partial charge in [0.2, 0.25) is 5.88 Å². The first-order valence-corrected chi connectivity index (χ1v) is 7.14. The van der Waals surface area contributed by atoms with Gasteiger partial charge in [0.25, 0.3) is 5.91 Å². The second-order valence-corrected chi connectivity index (χ2v) is 5.51. The summed E-state index contributed by atoms with van der Waals surface area (Å²) in [6.45, 7) is 3.11. The minimum absolute atomic E-state index is 0.0296. The number of benzene rings is 1. The molecule has 108 valence electrons. The number of carbonyl (C=O) groups excluding carboxylic acids is 1. The third-order valence-corrected chi connectivity index (χ3v) is 3.72. The SMILES string of the molecule is Cc1ccc(C(=O)N2CC(Oc3ncccc3Cl)C2)cc1. The third-order valence-electron chi connectivity index (χ3n) is 3.44. The number of aromatic nitrogens is 1. The van der Waals surface area contributed by atoms with E-state index in [-0.39, 0.29) is 12.0 Å². The maximum Gasteiger partial charge on any atom is 0.254 e. The van der Waals surface area contributed by atoms with Crippen molar-refractivity contribution in [1.82, 2.24) is 9.88 Å². The number of nitrogens with zero attached hydrogens (tertiary/aromatic N) is 2. The lowest BCUT2D eigenvalue weighted by atomic mass is 10.1. The summed E-state index contributed by atoms with van der Waals surface area (Å²) in [6, 6.07) is 11.1. The number of amides is 1. The number of pyridine rings is 1. The monoisotopic (exact) mass is 302 g/mol. The Morgan fingerprint density at radius 1 is 1.29 bits per heavy atom. The number of ether oxygens (including phenoxy) is 1. The molecule has 0 atom stereocenters. The molecule has 1 saturated heterocycles. The average Bonchev–Trinajstić information content (AvgIpc) is 2.44. The van der Waals surface area contributed by atoms with E-state index in [1.807, 2.05) is 31.2 Å². The minimum atomic E-state index is -0.0493. The highest BCUT2D eigenvalue weighted by Crippen LogP contribution is 2.24. The smallest absolute Gasteiger partial charge is 0.254 e. The number of likely N-dealkylation sites (tertiary alicyclic amines) is 1. The molecule has 1 aromatic heterocycles. The van der Waals surface area contributed by atoms with Gasteiger partial charge >= 0.3 is 0 Å². The molecule has 2 heterocycles. The van der Waals surface area contributed by atoms with E-state index >= 15 is 0 Å². The normalized spacial score (nSPS) is 14.7. The van der Waals surface area contributed by atoms with Gasteiger partial charge in [-0.15, -0.1) is 0 Å². The zero-order valence-corrected chi connectivity index (χ0v) is 12.4. The number of aryl methyl sites for hydroxylation is 1. The maximum atomic E-state index is 12.2. The summed E-state index contributed by atoms with van der Waals surface area (Å²) in [7, 11) is 0. The van der Waals surface area contributed by atoms with Gasteiger partial charge in [0.1, 0.15) is 11.1 Å². The Hall–Kier alpha value is -2.07. The first-order valence-electron chi connectivity index (χ1n) is 6.76. The highest BCUT2D eigenvalue weighted by Gasteiger charge is 2.33. The Morgan fingerprint density at radius 3 is 2.67 bits per heavy atom. The van der Waals surface area contributed by atoms with Crippen LogP contribution >= 0.6 is 11.6 Å². The van der Waals surface area contributed by atoms with E-state index in [0.29, 0.717) is 29.6 Å². The Bertz CT molecular complexity index is 652. The van der Waals surface area contributed by atoms with Crippen molar-refractivity contribution in [1.29, 1.82) is 0 Å². The maximum absolute atomic E-state index is 12.2. The molecule has 0 spiro atoms. The number of halogens is 1. The first-order chi connectivity index (χ1) is 10.1. The van der Waals surface area contributed by atoms with Gasteiger partial charge < -0.3 is 9.64 Å². The summed E-state index contributed by atoms with van der Waals surface area (Å²) >= 11 is 5.99. The van der Waals surface area contributed by atoms with Crippen LogP contribution in [0, 0.1) is 6.92 Å². The Kier molecular flexibility index (Phi) is 3.80. The molecule has 0 saturated carbocycles. The van der Waals surface area contributed by atoms with Crippen molar-refractivity contribution < 1.29 is 9.53 Å². The molecule has 0 unspecified atom stereocenters. The van der Waals surface area contributed by atoms with E-state index < -0.39 is 0 Å². The quantitative estimate of drug-likeness (QED) is 0.875. The number of carbonyl (C=O) groups is 1. The molecule has 0 bridgehead atoms. The molecule has 0 aliphatic carbocycles. The predicted octanol–water partition coefficient (Wildman–Crippen LogP) is 2.95. The van der Waals surface area contributed by atoms with Crippen LogP contribution in [0.25, 0.3) is 0 Å². The Balaban J connectivity index is 1.57. The van der Waals surface area contributed by atoms with Crippen molar-refractivity contribution in [2.75, 3.05) is 13.1 Å². The average molecular weight is 303 g/mol. The van der Waals surface area contributed by atoms with Crippen LogP contribution in [0.3, 0.4) is 0 Å². The van der Waals surface area contributed by atoms with E-state index in [9.17, 15) is 4.79 Å². The van der Waals surface area contributed by atoms with Crippen molar-refractivity contribution in [3.05, 3.63) is 58.7 Å². The summed E-state index contributed by atoms with van der Waals surface area (Å²) in [5.41, 5.74) is 1.84. The van der Waals surface area contributed by atoms with E-state index in [2.05, 4.69) is 4.98 Å². The van der Waals surface area contributed by atoms with E-state index in [1.54, 1.807) is 23.2 Å². The fourth-order valence-corrected chi connectivity index (χ4v) is 2.34. The largest absolute Gasteiger partial charge is 0.470 e. The van der Waals surface area contributed by atoms with Crippen molar-refractivity contribution in [2.45, 2.75) is 13.0 Å². The molecule has 21 heavy (non-hydrogen) atoms. The van der Waals surface area contributed by atoms with Crippen LogP contribution in [-0.2, 0) is 0 Å². The lowest BCUT2D eigenvalue weighted by molar-refractivity contribution is 0.0160. The first kappa shape index (κ1) is 13.9. The van der Waals surface area contributed by atoms with Crippen LogP contribution < -0.4 is 4.74 Å². The van der Waals surface area contributed by atoms with Crippen molar-refractivity contribution in [3.8, 4) is 5.88 Å². The van der Waals surface area contributed by atoms with E-state index in [0.717, 1.165) is 5.56 Å². The van der Waals surface area contributed by atoms with Crippen molar-refractivity contribution in [3.63, 3.8) is 0 Å². The highest BCUT2D eigenvalue weighted by molar-refractivity contribution is 6.31. The molecule has 1 aromatic carbocycles. The van der Waals surface area contributed by atoms with Gasteiger partial charge in [0.05, 0.1) is 13.1 Å². The van der Waals surface area contributed by atoms with Gasteiger partial charge in [0, 0.05) is 11.8 Å². The van der Waals surface area contributed by atoms with Crippen LogP contribution in [0.2, 0.25) is 5.02 Å². The molecule has 1 fully saturated rings. The van der Waals surface area contributed by atoms with Gasteiger partial charge in [-0.2, -0.15) is 0 Å². The minimum Gasteiger partial charge on any atom is -0.470 e. The summed E-state index contributed by atoms with van der Waals surface area (Å²) in [4.78, 5) is 18.1. The summed E-state index contributed by atoms with van der Waals surface area (Å²) in [5, 5.41) is 0.487. The third kappa shape index (κ3) is 3.00. The molecule has 0 N–H and O–H groups in total. The summed E-state index contributed by atoms with van der Waals surface area (Å²) < 4.78 is 5.68. The second-order valence-electron chi connectivity index (χ2n) is 5.11. The fourth-order valence-electron chi connectivity index (χ4n) is 2.17. The standard InChI is InChI=1S/C16H15ClN2O2/c1-11-4-6-12(7-5-11)16(20)19-9-13(10-19)21-15-14(17)3-2-8-18-15/h2-8,13H,9-10H2,1H3. The lowest BCUT2D eigenvalue weighted by Crippen LogP contribution is -2.56. The molecular formula is C16H15ClN2O2. The van der Waals surface area contributed by atoms with Gasteiger partial charge in [-0.3, -0.25) is 4.79 Å². The summed E-state index contributed by atoms with van der Waals surface area (Å²) in [6.07, 6.45) is 1.58. The molecular weight excluding hydrogens is 288 g/mol. The fraction of sp³-hybridized carbons (Fsp3) is 0.250. The summed E-state index contributed by atoms with van der Waals surface area (Å²) in [5.74, 6) is 0.452. The molecule has 5 heteroatoms. The topological polar surface area (TPSA) is 42.4 Å². The Labute approximate surface area is 128 Å².